The quantitative estimate of drug-likeness (QED) is 0.518. The zero-order chi connectivity index (χ0) is 23.4. The average Bonchev–Trinajstić information content (AvgIpc) is 3.10. The standard InChI is InChI=1S/C25H29N5O3/c1-19-9-13-28(14-10-19)23-8-5-21(17-24(23)30(32)33)25(31)29-12-2-11-27(15-16-29)22-6-3-20(18-26)4-7-22/h3-8,17,19H,2,9-16H2,1H3. The van der Waals surface area contributed by atoms with Crippen molar-refractivity contribution in [2.75, 3.05) is 49.1 Å². The first-order chi connectivity index (χ1) is 16.0. The second kappa shape index (κ2) is 9.90. The fourth-order valence-electron chi connectivity index (χ4n) is 4.63. The molecule has 0 atom stereocenters. The smallest absolute Gasteiger partial charge is 0.293 e. The highest BCUT2D eigenvalue weighted by Gasteiger charge is 2.27. The molecule has 33 heavy (non-hydrogen) atoms. The highest BCUT2D eigenvalue weighted by atomic mass is 16.6. The van der Waals surface area contributed by atoms with E-state index in [0.717, 1.165) is 44.6 Å². The second-order valence-electron chi connectivity index (χ2n) is 8.92. The van der Waals surface area contributed by atoms with Crippen LogP contribution in [0.1, 0.15) is 42.1 Å². The van der Waals surface area contributed by atoms with Gasteiger partial charge in [-0.1, -0.05) is 6.92 Å². The first kappa shape index (κ1) is 22.6. The zero-order valence-corrected chi connectivity index (χ0v) is 18.9. The summed E-state index contributed by atoms with van der Waals surface area (Å²) in [6.07, 6.45) is 2.83. The number of nitrogens with zero attached hydrogens (tertiary/aromatic N) is 5. The highest BCUT2D eigenvalue weighted by Crippen LogP contribution is 2.32. The van der Waals surface area contributed by atoms with Crippen LogP contribution in [0, 0.1) is 27.4 Å². The molecule has 2 aromatic rings. The molecule has 0 aliphatic carbocycles. The number of piperidine rings is 1. The lowest BCUT2D eigenvalue weighted by Crippen LogP contribution is -2.35. The van der Waals surface area contributed by atoms with Crippen LogP contribution in [0.25, 0.3) is 0 Å². The number of nitro benzene ring substituents is 1. The first-order valence-electron chi connectivity index (χ1n) is 11.5. The Kier molecular flexibility index (Phi) is 6.78. The lowest BCUT2D eigenvalue weighted by Gasteiger charge is -2.31. The minimum atomic E-state index is -0.376. The van der Waals surface area contributed by atoms with Gasteiger partial charge in [0.1, 0.15) is 5.69 Å². The monoisotopic (exact) mass is 447 g/mol. The SMILES string of the molecule is CC1CCN(c2ccc(C(=O)N3CCCN(c4ccc(C#N)cc4)CC3)cc2[N+](=O)[O-])CC1. The van der Waals surface area contributed by atoms with Crippen LogP contribution in [0.3, 0.4) is 0 Å². The average molecular weight is 448 g/mol. The van der Waals surface area contributed by atoms with E-state index in [1.807, 2.05) is 12.1 Å². The Bertz CT molecular complexity index is 1050. The molecule has 2 heterocycles. The lowest BCUT2D eigenvalue weighted by atomic mass is 9.98. The van der Waals surface area contributed by atoms with Crippen LogP contribution in [0.15, 0.2) is 42.5 Å². The molecule has 0 N–H and O–H groups in total. The molecule has 4 rings (SSSR count). The zero-order valence-electron chi connectivity index (χ0n) is 18.9. The Balaban J connectivity index is 1.47. The van der Waals surface area contributed by atoms with Crippen LogP contribution in [0.5, 0.6) is 0 Å². The number of rotatable bonds is 4. The first-order valence-corrected chi connectivity index (χ1v) is 11.5. The van der Waals surface area contributed by atoms with Gasteiger partial charge in [0.2, 0.25) is 0 Å². The molecule has 2 saturated heterocycles. The number of anilines is 2. The van der Waals surface area contributed by atoms with Crippen molar-refractivity contribution in [1.82, 2.24) is 4.90 Å². The largest absolute Gasteiger partial charge is 0.370 e. The molecule has 0 unspecified atom stereocenters. The summed E-state index contributed by atoms with van der Waals surface area (Å²) in [6, 6.07) is 14.5. The van der Waals surface area contributed by atoms with Crippen molar-refractivity contribution in [3.05, 3.63) is 63.7 Å². The normalized spacial score (nSPS) is 17.4. The lowest BCUT2D eigenvalue weighted by molar-refractivity contribution is -0.384. The van der Waals surface area contributed by atoms with E-state index in [9.17, 15) is 14.9 Å². The fraction of sp³-hybridized carbons (Fsp3) is 0.440. The molecular formula is C25H29N5O3. The predicted molar refractivity (Wildman–Crippen MR) is 128 cm³/mol. The van der Waals surface area contributed by atoms with Gasteiger partial charge in [-0.15, -0.1) is 0 Å². The van der Waals surface area contributed by atoms with E-state index in [-0.39, 0.29) is 16.5 Å². The number of hydrogen-bond donors (Lipinski definition) is 0. The van der Waals surface area contributed by atoms with E-state index in [2.05, 4.69) is 22.8 Å². The van der Waals surface area contributed by atoms with E-state index in [1.54, 1.807) is 29.2 Å². The molecule has 172 valence electrons. The van der Waals surface area contributed by atoms with E-state index >= 15 is 0 Å². The van der Waals surface area contributed by atoms with Crippen LogP contribution in [-0.4, -0.2) is 55.0 Å². The third-order valence-electron chi connectivity index (χ3n) is 6.69. The molecule has 0 saturated carbocycles. The molecule has 2 aromatic carbocycles. The number of amides is 1. The third kappa shape index (κ3) is 5.08. The topological polar surface area (TPSA) is 93.7 Å². The summed E-state index contributed by atoms with van der Waals surface area (Å²) in [5.41, 5.74) is 2.62. The molecule has 0 radical (unpaired) electrons. The number of nitro groups is 1. The van der Waals surface area contributed by atoms with E-state index in [4.69, 9.17) is 5.26 Å². The van der Waals surface area contributed by atoms with Crippen molar-refractivity contribution in [2.45, 2.75) is 26.2 Å². The van der Waals surface area contributed by atoms with Gasteiger partial charge in [0.05, 0.1) is 16.6 Å². The van der Waals surface area contributed by atoms with Gasteiger partial charge in [0, 0.05) is 56.6 Å². The summed E-state index contributed by atoms with van der Waals surface area (Å²) in [5, 5.41) is 20.8. The summed E-state index contributed by atoms with van der Waals surface area (Å²) >= 11 is 0. The van der Waals surface area contributed by atoms with Gasteiger partial charge in [-0.05, 0) is 61.6 Å². The van der Waals surface area contributed by atoms with Gasteiger partial charge in [-0.3, -0.25) is 14.9 Å². The summed E-state index contributed by atoms with van der Waals surface area (Å²) in [5.74, 6) is 0.464. The van der Waals surface area contributed by atoms with Crippen LogP contribution >= 0.6 is 0 Å². The second-order valence-corrected chi connectivity index (χ2v) is 8.92. The summed E-state index contributed by atoms with van der Waals surface area (Å²) in [4.78, 5) is 30.7. The van der Waals surface area contributed by atoms with Gasteiger partial charge >= 0.3 is 0 Å². The Morgan fingerprint density at radius 1 is 1.00 bits per heavy atom. The molecule has 1 amide bonds. The Morgan fingerprint density at radius 2 is 1.73 bits per heavy atom. The van der Waals surface area contributed by atoms with Crippen molar-refractivity contribution in [3.8, 4) is 6.07 Å². The minimum absolute atomic E-state index is 0.00411. The summed E-state index contributed by atoms with van der Waals surface area (Å²) in [7, 11) is 0. The van der Waals surface area contributed by atoms with Gasteiger partial charge in [-0.25, -0.2) is 0 Å². The summed E-state index contributed by atoms with van der Waals surface area (Å²) < 4.78 is 0. The number of carbonyl (C=O) groups excluding carboxylic acids is 1. The highest BCUT2D eigenvalue weighted by molar-refractivity contribution is 5.96. The van der Waals surface area contributed by atoms with Crippen LogP contribution < -0.4 is 9.80 Å². The predicted octanol–water partition coefficient (Wildman–Crippen LogP) is 4.06. The summed E-state index contributed by atoms with van der Waals surface area (Å²) in [6.45, 7) is 6.42. The molecule has 0 bridgehead atoms. The van der Waals surface area contributed by atoms with Crippen molar-refractivity contribution in [2.24, 2.45) is 5.92 Å². The fourth-order valence-corrected chi connectivity index (χ4v) is 4.63. The van der Waals surface area contributed by atoms with Crippen LogP contribution in [0.4, 0.5) is 17.1 Å². The Morgan fingerprint density at radius 3 is 2.39 bits per heavy atom. The van der Waals surface area contributed by atoms with Gasteiger partial charge < -0.3 is 14.7 Å². The van der Waals surface area contributed by atoms with Crippen molar-refractivity contribution < 1.29 is 9.72 Å². The molecule has 0 aromatic heterocycles. The molecular weight excluding hydrogens is 418 g/mol. The van der Waals surface area contributed by atoms with E-state index in [1.165, 1.54) is 6.07 Å². The minimum Gasteiger partial charge on any atom is -0.370 e. The van der Waals surface area contributed by atoms with Gasteiger partial charge in [0.15, 0.2) is 0 Å². The molecule has 2 aliphatic heterocycles. The van der Waals surface area contributed by atoms with Gasteiger partial charge in [-0.2, -0.15) is 5.26 Å². The number of benzene rings is 2. The van der Waals surface area contributed by atoms with Crippen molar-refractivity contribution >= 4 is 23.0 Å². The van der Waals surface area contributed by atoms with Crippen LogP contribution in [0.2, 0.25) is 0 Å². The van der Waals surface area contributed by atoms with Crippen molar-refractivity contribution in [3.63, 3.8) is 0 Å². The third-order valence-corrected chi connectivity index (χ3v) is 6.69. The molecule has 2 fully saturated rings. The van der Waals surface area contributed by atoms with Gasteiger partial charge in [0.25, 0.3) is 11.6 Å². The molecule has 0 spiro atoms. The maximum atomic E-state index is 13.2. The molecule has 8 nitrogen and oxygen atoms in total. The Labute approximate surface area is 194 Å². The molecule has 2 aliphatic rings. The number of hydrogen-bond acceptors (Lipinski definition) is 6. The molecule has 8 heteroatoms. The van der Waals surface area contributed by atoms with E-state index < -0.39 is 0 Å². The Hall–Kier alpha value is -3.60. The maximum Gasteiger partial charge on any atom is 0.293 e. The number of nitriles is 1. The van der Waals surface area contributed by atoms with Crippen LogP contribution in [-0.2, 0) is 0 Å². The number of carbonyl (C=O) groups is 1. The maximum absolute atomic E-state index is 13.2. The van der Waals surface area contributed by atoms with Crippen molar-refractivity contribution in [1.29, 1.82) is 5.26 Å². The van der Waals surface area contributed by atoms with E-state index in [0.29, 0.717) is 42.4 Å².